The molecule has 1 aromatic rings. The Labute approximate surface area is 191 Å². The number of carbonyl (C=O) groups excluding carboxylic acids is 1. The minimum absolute atomic E-state index is 0. The number of para-hydroxylation sites is 1. The number of nitrogens with zero attached hydrogens (tertiary/aromatic N) is 3. The van der Waals surface area contributed by atoms with Crippen molar-refractivity contribution in [1.29, 1.82) is 0 Å². The number of hydrogen-bond acceptors (Lipinski definition) is 4. The molecular weight excluding hydrogens is 481 g/mol. The van der Waals surface area contributed by atoms with Gasteiger partial charge in [0.15, 0.2) is 5.96 Å². The molecule has 0 aromatic heterocycles. The summed E-state index contributed by atoms with van der Waals surface area (Å²) in [6.07, 6.45) is 4.57. The number of hydrogen-bond donors (Lipinski definition) is 2. The molecule has 0 spiro atoms. The van der Waals surface area contributed by atoms with E-state index < -0.39 is 0 Å². The number of anilines is 1. The number of nitrogens with two attached hydrogens (primary N) is 1. The SMILES string of the molecule is COCc1ccccc1NC(N)=NCCN1CCN(C(=O)C2CCCC2)CC1.I. The van der Waals surface area contributed by atoms with Crippen molar-refractivity contribution in [2.45, 2.75) is 32.3 Å². The first-order chi connectivity index (χ1) is 13.7. The normalized spacial score (nSPS) is 18.5. The van der Waals surface area contributed by atoms with E-state index in [1.165, 1.54) is 12.8 Å². The Hall–Kier alpha value is -1.39. The Morgan fingerprint density at radius 3 is 2.59 bits per heavy atom. The van der Waals surface area contributed by atoms with Crippen LogP contribution in [-0.2, 0) is 16.1 Å². The van der Waals surface area contributed by atoms with Crippen LogP contribution in [0.4, 0.5) is 5.69 Å². The number of rotatable bonds is 7. The second-order valence-corrected chi connectivity index (χ2v) is 7.63. The molecule has 0 bridgehead atoms. The molecule has 7 nitrogen and oxygen atoms in total. The molecular formula is C21H34IN5O2. The van der Waals surface area contributed by atoms with E-state index in [0.29, 0.717) is 25.0 Å². The van der Waals surface area contributed by atoms with Gasteiger partial charge in [0.05, 0.1) is 13.2 Å². The Bertz CT molecular complexity index is 671. The number of aliphatic imine (C=N–C) groups is 1. The van der Waals surface area contributed by atoms with Crippen LogP contribution in [0.2, 0.25) is 0 Å². The second kappa shape index (κ2) is 12.3. The van der Waals surface area contributed by atoms with Crippen molar-refractivity contribution in [2.75, 3.05) is 51.7 Å². The highest BCUT2D eigenvalue weighted by Crippen LogP contribution is 2.26. The smallest absolute Gasteiger partial charge is 0.225 e. The Morgan fingerprint density at radius 2 is 1.90 bits per heavy atom. The van der Waals surface area contributed by atoms with Gasteiger partial charge in [0, 0.05) is 57.0 Å². The van der Waals surface area contributed by atoms with Crippen LogP contribution >= 0.6 is 24.0 Å². The third-order valence-corrected chi connectivity index (χ3v) is 5.67. The molecule has 3 rings (SSSR count). The lowest BCUT2D eigenvalue weighted by molar-refractivity contribution is -0.137. The van der Waals surface area contributed by atoms with Crippen molar-refractivity contribution in [3.05, 3.63) is 29.8 Å². The summed E-state index contributed by atoms with van der Waals surface area (Å²) < 4.78 is 5.21. The summed E-state index contributed by atoms with van der Waals surface area (Å²) in [6.45, 7) is 5.51. The molecule has 2 fully saturated rings. The number of piperazine rings is 1. The van der Waals surface area contributed by atoms with Crippen LogP contribution in [0.3, 0.4) is 0 Å². The van der Waals surface area contributed by atoms with Gasteiger partial charge in [0.25, 0.3) is 0 Å². The first-order valence-corrected chi connectivity index (χ1v) is 10.3. The van der Waals surface area contributed by atoms with Gasteiger partial charge >= 0.3 is 0 Å². The number of carbonyl (C=O) groups is 1. The fourth-order valence-corrected chi connectivity index (χ4v) is 4.04. The van der Waals surface area contributed by atoms with Crippen molar-refractivity contribution in [2.24, 2.45) is 16.6 Å². The molecule has 1 heterocycles. The minimum Gasteiger partial charge on any atom is -0.380 e. The number of ether oxygens (including phenoxy) is 1. The molecule has 1 saturated carbocycles. The molecule has 1 amide bonds. The van der Waals surface area contributed by atoms with Gasteiger partial charge < -0.3 is 20.7 Å². The summed E-state index contributed by atoms with van der Waals surface area (Å²) in [4.78, 5) is 21.4. The molecule has 8 heteroatoms. The molecule has 29 heavy (non-hydrogen) atoms. The Balaban J connectivity index is 0.00000300. The predicted molar refractivity (Wildman–Crippen MR) is 128 cm³/mol. The fourth-order valence-electron chi connectivity index (χ4n) is 4.04. The lowest BCUT2D eigenvalue weighted by Crippen LogP contribution is -2.50. The van der Waals surface area contributed by atoms with Crippen molar-refractivity contribution < 1.29 is 9.53 Å². The van der Waals surface area contributed by atoms with Gasteiger partial charge in [-0.2, -0.15) is 0 Å². The van der Waals surface area contributed by atoms with Crippen LogP contribution in [0.1, 0.15) is 31.2 Å². The molecule has 1 aromatic carbocycles. The molecule has 1 saturated heterocycles. The molecule has 0 unspecified atom stereocenters. The highest BCUT2D eigenvalue weighted by Gasteiger charge is 2.29. The van der Waals surface area contributed by atoms with Crippen molar-refractivity contribution in [1.82, 2.24) is 9.80 Å². The van der Waals surface area contributed by atoms with Gasteiger partial charge in [0.1, 0.15) is 0 Å². The van der Waals surface area contributed by atoms with E-state index in [4.69, 9.17) is 10.5 Å². The fraction of sp³-hybridized carbons (Fsp3) is 0.619. The standard InChI is InChI=1S/C21H33N5O2.HI/c1-28-16-18-8-4-5-9-19(18)24-21(22)23-10-11-25-12-14-26(15-13-25)20(27)17-6-2-3-7-17;/h4-5,8-9,17H,2-3,6-7,10-16H2,1H3,(H3,22,23,24);1H. The van der Waals surface area contributed by atoms with E-state index in [1.807, 2.05) is 24.3 Å². The van der Waals surface area contributed by atoms with Crippen molar-refractivity contribution in [3.8, 4) is 0 Å². The number of halogens is 1. The lowest BCUT2D eigenvalue weighted by atomic mass is 10.1. The number of amides is 1. The molecule has 0 radical (unpaired) electrons. The summed E-state index contributed by atoms with van der Waals surface area (Å²) in [5.74, 6) is 1.07. The summed E-state index contributed by atoms with van der Waals surface area (Å²) in [5, 5.41) is 3.16. The number of guanidine groups is 1. The van der Waals surface area contributed by atoms with E-state index >= 15 is 0 Å². The summed E-state index contributed by atoms with van der Waals surface area (Å²) in [6, 6.07) is 7.91. The highest BCUT2D eigenvalue weighted by molar-refractivity contribution is 14.0. The van der Waals surface area contributed by atoms with Gasteiger partial charge in [-0.1, -0.05) is 31.0 Å². The molecule has 1 aliphatic heterocycles. The van der Waals surface area contributed by atoms with E-state index in [2.05, 4.69) is 20.1 Å². The number of methoxy groups -OCH3 is 1. The Kier molecular flexibility index (Phi) is 10.2. The first kappa shape index (κ1) is 23.9. The quantitative estimate of drug-likeness (QED) is 0.332. The van der Waals surface area contributed by atoms with Crippen molar-refractivity contribution in [3.63, 3.8) is 0 Å². The van der Waals surface area contributed by atoms with E-state index in [-0.39, 0.29) is 29.9 Å². The predicted octanol–water partition coefficient (Wildman–Crippen LogP) is 2.51. The monoisotopic (exact) mass is 515 g/mol. The maximum Gasteiger partial charge on any atom is 0.225 e. The topological polar surface area (TPSA) is 83.2 Å². The summed E-state index contributed by atoms with van der Waals surface area (Å²) in [7, 11) is 1.68. The zero-order chi connectivity index (χ0) is 19.8. The first-order valence-electron chi connectivity index (χ1n) is 10.3. The van der Waals surface area contributed by atoms with E-state index in [1.54, 1.807) is 7.11 Å². The van der Waals surface area contributed by atoms with Gasteiger partial charge in [-0.25, -0.2) is 0 Å². The number of nitrogens with one attached hydrogen (secondary N) is 1. The average Bonchev–Trinajstić information content (AvgIpc) is 3.24. The summed E-state index contributed by atoms with van der Waals surface area (Å²) >= 11 is 0. The van der Waals surface area contributed by atoms with Crippen LogP contribution in [0.5, 0.6) is 0 Å². The third-order valence-electron chi connectivity index (χ3n) is 5.67. The molecule has 0 atom stereocenters. The largest absolute Gasteiger partial charge is 0.380 e. The zero-order valence-electron chi connectivity index (χ0n) is 17.3. The molecule has 162 valence electrons. The third kappa shape index (κ3) is 7.11. The van der Waals surface area contributed by atoms with Crippen LogP contribution in [0.15, 0.2) is 29.3 Å². The average molecular weight is 515 g/mol. The summed E-state index contributed by atoms with van der Waals surface area (Å²) in [5.41, 5.74) is 8.01. The lowest BCUT2D eigenvalue weighted by Gasteiger charge is -2.35. The molecule has 1 aliphatic carbocycles. The highest BCUT2D eigenvalue weighted by atomic mass is 127. The van der Waals surface area contributed by atoms with Crippen LogP contribution < -0.4 is 11.1 Å². The minimum atomic E-state index is 0. The van der Waals surface area contributed by atoms with Gasteiger partial charge in [-0.3, -0.25) is 14.7 Å². The van der Waals surface area contributed by atoms with E-state index in [9.17, 15) is 4.79 Å². The molecule has 3 N–H and O–H groups in total. The van der Waals surface area contributed by atoms with Crippen LogP contribution in [0, 0.1) is 5.92 Å². The zero-order valence-corrected chi connectivity index (χ0v) is 19.6. The van der Waals surface area contributed by atoms with E-state index in [0.717, 1.165) is 56.8 Å². The maximum atomic E-state index is 12.5. The van der Waals surface area contributed by atoms with Crippen LogP contribution in [-0.4, -0.2) is 68.0 Å². The Morgan fingerprint density at radius 1 is 1.21 bits per heavy atom. The second-order valence-electron chi connectivity index (χ2n) is 7.63. The van der Waals surface area contributed by atoms with Crippen molar-refractivity contribution >= 4 is 41.5 Å². The van der Waals surface area contributed by atoms with Gasteiger partial charge in [0.2, 0.25) is 5.91 Å². The maximum absolute atomic E-state index is 12.5. The van der Waals surface area contributed by atoms with Crippen LogP contribution in [0.25, 0.3) is 0 Å². The van der Waals surface area contributed by atoms with Gasteiger partial charge in [-0.15, -0.1) is 24.0 Å². The van der Waals surface area contributed by atoms with Gasteiger partial charge in [-0.05, 0) is 18.9 Å². The number of benzene rings is 1. The molecule has 2 aliphatic rings.